The van der Waals surface area contributed by atoms with Crippen molar-refractivity contribution in [2.24, 2.45) is 0 Å². The molecular weight excluding hydrogens is 425 g/mol. The van der Waals surface area contributed by atoms with Crippen molar-refractivity contribution < 1.29 is 27.5 Å². The van der Waals surface area contributed by atoms with Crippen LogP contribution in [0.5, 0.6) is 11.6 Å². The quantitative estimate of drug-likeness (QED) is 0.575. The summed E-state index contributed by atoms with van der Waals surface area (Å²) >= 11 is 0. The summed E-state index contributed by atoms with van der Waals surface area (Å²) < 4.78 is 46.2. The average Bonchev–Trinajstić information content (AvgIpc) is 3.07. The molecule has 0 spiro atoms. The third kappa shape index (κ3) is 4.11. The Morgan fingerprint density at radius 2 is 1.72 bits per heavy atom. The first-order chi connectivity index (χ1) is 15.3. The number of hydrogen-bond acceptors (Lipinski definition) is 5. The van der Waals surface area contributed by atoms with Crippen LogP contribution >= 0.6 is 0 Å². The van der Waals surface area contributed by atoms with Gasteiger partial charge in [-0.25, -0.2) is 9.78 Å². The van der Waals surface area contributed by atoms with E-state index in [1.165, 1.54) is 0 Å². The Kier molecular flexibility index (Phi) is 5.52. The summed E-state index contributed by atoms with van der Waals surface area (Å²) in [7, 11) is 0. The lowest BCUT2D eigenvalue weighted by molar-refractivity contribution is -0.141. The van der Waals surface area contributed by atoms with Gasteiger partial charge >= 0.3 is 12.2 Å². The van der Waals surface area contributed by atoms with Crippen LogP contribution < -0.4 is 15.0 Å². The fraction of sp³-hybridized carbons (Fsp3) is 0.182. The molecule has 164 valence electrons. The van der Waals surface area contributed by atoms with E-state index in [0.29, 0.717) is 16.5 Å². The van der Waals surface area contributed by atoms with Crippen LogP contribution in [0.2, 0.25) is 0 Å². The highest BCUT2D eigenvalue weighted by molar-refractivity contribution is 6.20. The number of urea groups is 1. The molecule has 1 aliphatic rings. The fourth-order valence-electron chi connectivity index (χ4n) is 3.23. The van der Waals surface area contributed by atoms with E-state index in [1.807, 2.05) is 30.3 Å². The minimum atomic E-state index is -4.85. The van der Waals surface area contributed by atoms with E-state index < -0.39 is 41.7 Å². The Hall–Kier alpha value is -3.95. The predicted molar refractivity (Wildman–Crippen MR) is 109 cm³/mol. The molecule has 10 heteroatoms. The van der Waals surface area contributed by atoms with Gasteiger partial charge in [0.25, 0.3) is 5.91 Å². The van der Waals surface area contributed by atoms with Crippen LogP contribution in [0, 0.1) is 0 Å². The minimum Gasteiger partial charge on any atom is -0.438 e. The van der Waals surface area contributed by atoms with Crippen LogP contribution in [0.4, 0.5) is 23.9 Å². The van der Waals surface area contributed by atoms with Crippen LogP contribution in [-0.2, 0) is 11.0 Å². The smallest absolute Gasteiger partial charge is 0.433 e. The molecule has 2 heterocycles. The summed E-state index contributed by atoms with van der Waals surface area (Å²) in [6.07, 6.45) is -4.58. The lowest BCUT2D eigenvalue weighted by Crippen LogP contribution is -2.33. The Morgan fingerprint density at radius 1 is 1.03 bits per heavy atom. The van der Waals surface area contributed by atoms with Crippen molar-refractivity contribution in [1.82, 2.24) is 15.3 Å². The first-order valence-corrected chi connectivity index (χ1v) is 9.71. The van der Waals surface area contributed by atoms with Gasteiger partial charge in [0.1, 0.15) is 11.8 Å². The first-order valence-electron chi connectivity index (χ1n) is 9.71. The molecule has 3 amide bonds. The Morgan fingerprint density at radius 3 is 2.38 bits per heavy atom. The van der Waals surface area contributed by atoms with Crippen LogP contribution in [0.3, 0.4) is 0 Å². The fourth-order valence-corrected chi connectivity index (χ4v) is 3.23. The molecule has 1 fully saturated rings. The van der Waals surface area contributed by atoms with Gasteiger partial charge in [0, 0.05) is 11.6 Å². The van der Waals surface area contributed by atoms with Gasteiger partial charge in [0.05, 0.1) is 0 Å². The second-order valence-electron chi connectivity index (χ2n) is 6.94. The van der Waals surface area contributed by atoms with Gasteiger partial charge < -0.3 is 10.1 Å². The topological polar surface area (TPSA) is 84.4 Å². The van der Waals surface area contributed by atoms with Crippen LogP contribution in [0.25, 0.3) is 11.1 Å². The average molecular weight is 442 g/mol. The standard InChI is InChI=1S/C22H17F3N4O3/c1-2-15-19(30)29(21(31)26-15)20-27-17(22(23,24)25)12-18(28-20)32-16-11-7-6-10-14(16)13-8-4-3-5-9-13/h3-12,15H,2H2,1H3,(H,26,31)/t15-/m1/s1. The van der Waals surface area contributed by atoms with Gasteiger partial charge in [-0.3, -0.25) is 4.79 Å². The summed E-state index contributed by atoms with van der Waals surface area (Å²) in [4.78, 5) is 32.5. The van der Waals surface area contributed by atoms with Crippen molar-refractivity contribution >= 4 is 17.9 Å². The summed E-state index contributed by atoms with van der Waals surface area (Å²) in [5.74, 6) is -1.63. The summed E-state index contributed by atoms with van der Waals surface area (Å²) in [5.41, 5.74) is 0.0754. The number of nitrogens with one attached hydrogen (secondary N) is 1. The molecule has 0 aliphatic carbocycles. The molecule has 1 aromatic heterocycles. The molecule has 0 saturated carbocycles. The number of rotatable bonds is 5. The number of para-hydroxylation sites is 1. The van der Waals surface area contributed by atoms with Gasteiger partial charge in [-0.2, -0.15) is 23.1 Å². The van der Waals surface area contributed by atoms with Crippen molar-refractivity contribution in [2.75, 3.05) is 4.90 Å². The van der Waals surface area contributed by atoms with Crippen LogP contribution in [-0.4, -0.2) is 27.9 Å². The Labute approximate surface area is 180 Å². The van der Waals surface area contributed by atoms with E-state index in [1.54, 1.807) is 31.2 Å². The normalized spacial score (nSPS) is 16.2. The molecule has 0 unspecified atom stereocenters. The zero-order valence-electron chi connectivity index (χ0n) is 16.8. The van der Waals surface area contributed by atoms with Crippen molar-refractivity contribution in [1.29, 1.82) is 0 Å². The number of hydrogen-bond donors (Lipinski definition) is 1. The third-order valence-electron chi connectivity index (χ3n) is 4.80. The van der Waals surface area contributed by atoms with E-state index in [4.69, 9.17) is 4.74 Å². The molecule has 2 aromatic carbocycles. The summed E-state index contributed by atoms with van der Waals surface area (Å²) in [5, 5.41) is 2.40. The van der Waals surface area contributed by atoms with Crippen LogP contribution in [0.15, 0.2) is 60.7 Å². The number of carbonyl (C=O) groups excluding carboxylic acids is 2. The van der Waals surface area contributed by atoms with Crippen molar-refractivity contribution in [3.8, 4) is 22.8 Å². The lowest BCUT2D eigenvalue weighted by Gasteiger charge is -2.16. The third-order valence-corrected chi connectivity index (χ3v) is 4.80. The molecule has 1 atom stereocenters. The number of anilines is 1. The van der Waals surface area contributed by atoms with Gasteiger partial charge in [0.15, 0.2) is 5.69 Å². The molecule has 0 radical (unpaired) electrons. The number of imide groups is 1. The second-order valence-corrected chi connectivity index (χ2v) is 6.94. The highest BCUT2D eigenvalue weighted by Gasteiger charge is 2.42. The molecule has 3 aromatic rings. The molecule has 1 N–H and O–H groups in total. The van der Waals surface area contributed by atoms with E-state index in [9.17, 15) is 22.8 Å². The van der Waals surface area contributed by atoms with Gasteiger partial charge in [-0.15, -0.1) is 0 Å². The van der Waals surface area contributed by atoms with Gasteiger partial charge in [-0.05, 0) is 18.1 Å². The van der Waals surface area contributed by atoms with Crippen molar-refractivity contribution in [2.45, 2.75) is 25.6 Å². The zero-order chi connectivity index (χ0) is 22.9. The van der Waals surface area contributed by atoms with Crippen molar-refractivity contribution in [3.05, 3.63) is 66.4 Å². The molecule has 1 aliphatic heterocycles. The van der Waals surface area contributed by atoms with E-state index in [2.05, 4.69) is 15.3 Å². The van der Waals surface area contributed by atoms with Crippen molar-refractivity contribution in [3.63, 3.8) is 0 Å². The molecule has 32 heavy (non-hydrogen) atoms. The largest absolute Gasteiger partial charge is 0.438 e. The number of aromatic nitrogens is 2. The number of amides is 3. The number of carbonyl (C=O) groups is 2. The molecule has 4 rings (SSSR count). The maximum Gasteiger partial charge on any atom is 0.433 e. The highest BCUT2D eigenvalue weighted by Crippen LogP contribution is 2.36. The Balaban J connectivity index is 1.77. The van der Waals surface area contributed by atoms with Crippen LogP contribution in [0.1, 0.15) is 19.0 Å². The highest BCUT2D eigenvalue weighted by atomic mass is 19.4. The second kappa shape index (κ2) is 8.29. The van der Waals surface area contributed by atoms with Gasteiger partial charge in [0.2, 0.25) is 11.8 Å². The predicted octanol–water partition coefficient (Wildman–Crippen LogP) is 4.79. The number of nitrogens with zero attached hydrogens (tertiary/aromatic N) is 3. The molecule has 0 bridgehead atoms. The van der Waals surface area contributed by atoms with E-state index in [0.717, 1.165) is 5.56 Å². The monoisotopic (exact) mass is 442 g/mol. The zero-order valence-corrected chi connectivity index (χ0v) is 16.8. The Bertz CT molecular complexity index is 1170. The molecule has 1 saturated heterocycles. The van der Waals surface area contributed by atoms with E-state index in [-0.39, 0.29) is 12.2 Å². The number of halogens is 3. The first kappa shape index (κ1) is 21.3. The maximum absolute atomic E-state index is 13.5. The van der Waals surface area contributed by atoms with Gasteiger partial charge in [-0.1, -0.05) is 55.5 Å². The summed E-state index contributed by atoms with van der Waals surface area (Å²) in [6, 6.07) is 14.8. The SMILES string of the molecule is CC[C@H]1NC(=O)N(c2nc(Oc3ccccc3-c3ccccc3)cc(C(F)(F)F)n2)C1=O. The lowest BCUT2D eigenvalue weighted by atomic mass is 10.1. The summed E-state index contributed by atoms with van der Waals surface area (Å²) in [6.45, 7) is 1.66. The molecular formula is C22H17F3N4O3. The number of benzene rings is 2. The number of alkyl halides is 3. The maximum atomic E-state index is 13.5. The minimum absolute atomic E-state index is 0.250. The molecule has 7 nitrogen and oxygen atoms in total. The van der Waals surface area contributed by atoms with E-state index >= 15 is 0 Å². The number of ether oxygens (including phenoxy) is 1.